The van der Waals surface area contributed by atoms with Crippen LogP contribution < -0.4 is 0 Å². The van der Waals surface area contributed by atoms with Crippen molar-refractivity contribution in [2.75, 3.05) is 14.1 Å². The quantitative estimate of drug-likeness (QED) is 0.151. The Morgan fingerprint density at radius 1 is 0.731 bits per heavy atom. The number of halogens is 1. The first-order chi connectivity index (χ1) is 24.6. The van der Waals surface area contributed by atoms with E-state index in [4.69, 9.17) is 11.6 Å². The summed E-state index contributed by atoms with van der Waals surface area (Å²) in [6.45, 7) is 23.1. The topological polar surface area (TPSA) is 84.4 Å². The lowest BCUT2D eigenvalue weighted by Crippen LogP contribution is -2.15. The van der Waals surface area contributed by atoms with Gasteiger partial charge in [0.1, 0.15) is 11.8 Å². The third-order valence-corrected chi connectivity index (χ3v) is 8.65. The Morgan fingerprint density at radius 2 is 1.12 bits per heavy atom. The van der Waals surface area contributed by atoms with Gasteiger partial charge in [-0.2, -0.15) is 0 Å². The van der Waals surface area contributed by atoms with Crippen molar-refractivity contribution in [3.63, 3.8) is 0 Å². The Labute approximate surface area is 317 Å². The molecule has 0 aliphatic heterocycles. The van der Waals surface area contributed by atoms with Crippen LogP contribution in [0.1, 0.15) is 96.9 Å². The van der Waals surface area contributed by atoms with Crippen molar-refractivity contribution in [3.8, 4) is 0 Å². The molecule has 5 rings (SSSR count). The van der Waals surface area contributed by atoms with Crippen molar-refractivity contribution in [1.29, 1.82) is 0 Å². The molecule has 2 saturated carbocycles. The zero-order chi connectivity index (χ0) is 39.7. The van der Waals surface area contributed by atoms with Crippen LogP contribution in [-0.4, -0.2) is 47.1 Å². The van der Waals surface area contributed by atoms with Crippen molar-refractivity contribution in [2.24, 2.45) is 0 Å². The summed E-state index contributed by atoms with van der Waals surface area (Å²) in [5.41, 5.74) is 9.62. The van der Waals surface area contributed by atoms with Gasteiger partial charge in [-0.1, -0.05) is 85.6 Å². The smallest absolute Gasteiger partial charge is 0.173 e. The van der Waals surface area contributed by atoms with Crippen LogP contribution in [0.3, 0.4) is 0 Å². The van der Waals surface area contributed by atoms with Crippen LogP contribution in [0.5, 0.6) is 0 Å². The van der Waals surface area contributed by atoms with Gasteiger partial charge in [-0.25, -0.2) is 0 Å². The average molecular weight is 725 g/mol. The summed E-state index contributed by atoms with van der Waals surface area (Å²) in [6, 6.07) is 11.7. The van der Waals surface area contributed by atoms with Gasteiger partial charge in [0, 0.05) is 39.3 Å². The number of benzene rings is 2. The Kier molecular flexibility index (Phi) is 19.4. The largest absolute Gasteiger partial charge is 0.383 e. The number of carbonyl (C=O) groups excluding carboxylic acids is 4. The monoisotopic (exact) mass is 724 g/mol. The molecule has 2 aromatic carbocycles. The second-order valence-corrected chi connectivity index (χ2v) is 13.3. The van der Waals surface area contributed by atoms with Gasteiger partial charge in [-0.15, -0.1) is 0 Å². The van der Waals surface area contributed by atoms with E-state index in [1.54, 1.807) is 42.8 Å². The van der Waals surface area contributed by atoms with E-state index in [2.05, 4.69) is 11.6 Å². The molecule has 0 amide bonds. The van der Waals surface area contributed by atoms with Crippen LogP contribution in [-0.2, 0) is 19.2 Å². The second kappa shape index (κ2) is 22.3. The third kappa shape index (κ3) is 12.8. The predicted octanol–water partition coefficient (Wildman–Crippen LogP) is 10.4. The summed E-state index contributed by atoms with van der Waals surface area (Å²) in [6.07, 6.45) is 13.0. The molecule has 1 heterocycles. The van der Waals surface area contributed by atoms with Crippen LogP contribution in [0.4, 0.5) is 0 Å². The van der Waals surface area contributed by atoms with E-state index in [1.165, 1.54) is 0 Å². The zero-order valence-corrected chi connectivity index (χ0v) is 33.9. The lowest BCUT2D eigenvalue weighted by molar-refractivity contribution is -0.124. The van der Waals surface area contributed by atoms with Crippen molar-refractivity contribution < 1.29 is 19.2 Å². The number of aryl methyl sites for hydroxylation is 6. The standard InChI is InChI=1S/2C16H18O2.C6H11N.C5H4ClN.C2H6/c2*1-5-12-8-13(17)15(16(12)18)14-10(3)6-9(2)7-11(14)4;1-4-5-6-7(2)3;6-5-2-1-3-7-4-5;1-2/h2*5-7,15H,8H2,1-4H3;4-6H,1H2,2-3H3;1-4H;1-2H3/b2*12-5+;6-5-;;. The molecule has 278 valence electrons. The van der Waals surface area contributed by atoms with Crippen LogP contribution in [0.2, 0.25) is 5.02 Å². The normalized spacial score (nSPS) is 17.8. The highest BCUT2D eigenvalue weighted by Gasteiger charge is 2.40. The molecule has 0 spiro atoms. The first kappa shape index (κ1) is 45.3. The summed E-state index contributed by atoms with van der Waals surface area (Å²) in [7, 11) is 3.94. The maximum absolute atomic E-state index is 12.2. The molecule has 1 aromatic heterocycles. The van der Waals surface area contributed by atoms with E-state index in [0.29, 0.717) is 16.2 Å². The second-order valence-electron chi connectivity index (χ2n) is 12.8. The predicted molar refractivity (Wildman–Crippen MR) is 217 cm³/mol. The highest BCUT2D eigenvalue weighted by atomic mass is 35.5. The van der Waals surface area contributed by atoms with E-state index in [1.807, 2.05) is 125 Å². The van der Waals surface area contributed by atoms with Gasteiger partial charge in [0.05, 0.1) is 5.02 Å². The minimum atomic E-state index is -0.572. The third-order valence-electron chi connectivity index (χ3n) is 8.43. The number of pyridine rings is 1. The maximum atomic E-state index is 12.2. The summed E-state index contributed by atoms with van der Waals surface area (Å²) in [5, 5.41) is 0.683. The first-order valence-corrected chi connectivity index (χ1v) is 18.1. The maximum Gasteiger partial charge on any atom is 0.173 e. The van der Waals surface area contributed by atoms with E-state index in [9.17, 15) is 19.2 Å². The number of carbonyl (C=O) groups is 4. The van der Waals surface area contributed by atoms with Crippen LogP contribution >= 0.6 is 11.6 Å². The molecule has 0 N–H and O–H groups in total. The molecule has 52 heavy (non-hydrogen) atoms. The van der Waals surface area contributed by atoms with Crippen molar-refractivity contribution in [2.45, 2.75) is 93.9 Å². The number of nitrogens with zero attached hydrogens (tertiary/aromatic N) is 2. The molecule has 3 aromatic rings. The first-order valence-electron chi connectivity index (χ1n) is 17.7. The molecule has 7 heteroatoms. The summed E-state index contributed by atoms with van der Waals surface area (Å²) >= 11 is 5.48. The highest BCUT2D eigenvalue weighted by Crippen LogP contribution is 2.37. The Balaban J connectivity index is 0.000000371. The summed E-state index contributed by atoms with van der Waals surface area (Å²) in [4.78, 5) is 54.4. The van der Waals surface area contributed by atoms with E-state index >= 15 is 0 Å². The molecular weight excluding hydrogens is 668 g/mol. The van der Waals surface area contributed by atoms with E-state index in [-0.39, 0.29) is 36.0 Å². The number of rotatable bonds is 4. The average Bonchev–Trinajstić information content (AvgIpc) is 3.53. The molecule has 2 aliphatic rings. The summed E-state index contributed by atoms with van der Waals surface area (Å²) < 4.78 is 0. The number of hydrogen-bond acceptors (Lipinski definition) is 6. The SMILES string of the molecule is C/C=C1\CC(=O)C(c2c(C)cc(C)cc2C)C1=O.C/C=C1\CC(=O)C(c2c(C)cc(C)cc2C)C1=O.C=C/C=C\N(C)C.CC.Clc1cccnc1. The number of aromatic nitrogens is 1. The van der Waals surface area contributed by atoms with Gasteiger partial charge in [0.25, 0.3) is 0 Å². The zero-order valence-electron chi connectivity index (χ0n) is 33.2. The van der Waals surface area contributed by atoms with Gasteiger partial charge in [0.2, 0.25) is 0 Å². The molecule has 2 unspecified atom stereocenters. The van der Waals surface area contributed by atoms with Crippen LogP contribution in [0.15, 0.2) is 97.0 Å². The molecular formula is C45H57ClN2O4. The fraction of sp³-hybridized carbons (Fsp3) is 0.356. The minimum Gasteiger partial charge on any atom is -0.383 e. The fourth-order valence-electron chi connectivity index (χ4n) is 6.36. The molecule has 2 aliphatic carbocycles. The van der Waals surface area contributed by atoms with Crippen molar-refractivity contribution in [3.05, 3.63) is 147 Å². The molecule has 6 nitrogen and oxygen atoms in total. The lowest BCUT2D eigenvalue weighted by atomic mass is 9.87. The lowest BCUT2D eigenvalue weighted by Gasteiger charge is -2.15. The number of hydrogen-bond donors (Lipinski definition) is 0. The van der Waals surface area contributed by atoms with Crippen LogP contribution in [0, 0.1) is 41.5 Å². The van der Waals surface area contributed by atoms with Gasteiger partial charge in [0.15, 0.2) is 23.1 Å². The molecule has 2 atom stereocenters. The highest BCUT2D eigenvalue weighted by molar-refractivity contribution is 6.30. The summed E-state index contributed by atoms with van der Waals surface area (Å²) in [5.74, 6) is -1.12. The molecule has 0 saturated heterocycles. The number of ketones is 4. The van der Waals surface area contributed by atoms with Crippen LogP contribution in [0.25, 0.3) is 0 Å². The van der Waals surface area contributed by atoms with Crippen molar-refractivity contribution in [1.82, 2.24) is 9.88 Å². The van der Waals surface area contributed by atoms with Crippen molar-refractivity contribution >= 4 is 34.7 Å². The van der Waals surface area contributed by atoms with Gasteiger partial charge in [-0.05, 0) is 124 Å². The van der Waals surface area contributed by atoms with E-state index in [0.717, 1.165) is 44.5 Å². The molecule has 2 fully saturated rings. The van der Waals surface area contributed by atoms with Gasteiger partial charge >= 0.3 is 0 Å². The molecule has 0 radical (unpaired) electrons. The Bertz CT molecular complexity index is 1670. The fourth-order valence-corrected chi connectivity index (χ4v) is 6.49. The van der Waals surface area contributed by atoms with E-state index < -0.39 is 11.8 Å². The Hall–Kier alpha value is -4.68. The Morgan fingerprint density at radius 3 is 1.33 bits per heavy atom. The number of allylic oxidation sites excluding steroid dienone is 6. The van der Waals surface area contributed by atoms with Gasteiger partial charge < -0.3 is 4.90 Å². The minimum absolute atomic E-state index is 0.0162. The number of Topliss-reactive ketones (excluding diaryl/α,β-unsaturated/α-hetero) is 4. The van der Waals surface area contributed by atoms with Gasteiger partial charge in [-0.3, -0.25) is 24.2 Å². The molecule has 0 bridgehead atoms.